The maximum Gasteiger partial charge on any atom is 0.156 e. The van der Waals surface area contributed by atoms with Crippen molar-refractivity contribution in [2.45, 2.75) is 19.4 Å². The van der Waals surface area contributed by atoms with E-state index in [0.29, 0.717) is 6.42 Å². The van der Waals surface area contributed by atoms with Crippen LogP contribution in [0.2, 0.25) is 0 Å². The molecule has 0 aromatic heterocycles. The number of ketones is 1. The topological polar surface area (TPSA) is 93.0 Å². The van der Waals surface area contributed by atoms with Crippen molar-refractivity contribution in [2.75, 3.05) is 0 Å². The molecule has 0 rings (SSSR count). The Kier molecular flexibility index (Phi) is 2.87. The maximum absolute atomic E-state index is 10.6. The minimum Gasteiger partial charge on any atom is -0.386 e. The summed E-state index contributed by atoms with van der Waals surface area (Å²) in [7, 11) is 0. The molecule has 1 atom stereocenters. The van der Waals surface area contributed by atoms with Crippen LogP contribution in [0.25, 0.3) is 0 Å². The first-order chi connectivity index (χ1) is 4.09. The summed E-state index contributed by atoms with van der Waals surface area (Å²) >= 11 is 0. The van der Waals surface area contributed by atoms with E-state index in [1.54, 1.807) is 6.92 Å². The SMILES string of the molecule is CCC(=O)C(N)C(=N)N. The second kappa shape index (κ2) is 3.19. The molecule has 5 N–H and O–H groups in total. The Morgan fingerprint density at radius 1 is 1.78 bits per heavy atom. The Morgan fingerprint density at radius 2 is 2.22 bits per heavy atom. The third-order valence-electron chi connectivity index (χ3n) is 1.03. The van der Waals surface area contributed by atoms with Crippen LogP contribution in [0.1, 0.15) is 13.3 Å². The van der Waals surface area contributed by atoms with Crippen LogP contribution in [-0.2, 0) is 4.79 Å². The molecule has 0 aliphatic carbocycles. The second-order valence-corrected chi connectivity index (χ2v) is 1.75. The van der Waals surface area contributed by atoms with Crippen molar-refractivity contribution in [3.05, 3.63) is 0 Å². The Morgan fingerprint density at radius 3 is 2.33 bits per heavy atom. The number of nitrogens with one attached hydrogen (secondary N) is 1. The molecule has 1 unspecified atom stereocenters. The van der Waals surface area contributed by atoms with Gasteiger partial charge in [0.2, 0.25) is 0 Å². The summed E-state index contributed by atoms with van der Waals surface area (Å²) in [5.41, 5.74) is 10.1. The first kappa shape index (κ1) is 8.10. The minimum atomic E-state index is -0.894. The van der Waals surface area contributed by atoms with Gasteiger partial charge in [-0.25, -0.2) is 0 Å². The predicted octanol–water partition coefficient (Wildman–Crippen LogP) is -0.771. The van der Waals surface area contributed by atoms with E-state index in [1.807, 2.05) is 0 Å². The van der Waals surface area contributed by atoms with Crippen LogP contribution in [0.4, 0.5) is 0 Å². The number of rotatable bonds is 3. The molecule has 0 saturated heterocycles. The summed E-state index contributed by atoms with van der Waals surface area (Å²) in [4.78, 5) is 10.6. The van der Waals surface area contributed by atoms with Crippen LogP contribution in [-0.4, -0.2) is 17.7 Å². The zero-order valence-electron chi connectivity index (χ0n) is 5.35. The van der Waals surface area contributed by atoms with E-state index in [2.05, 4.69) is 0 Å². The van der Waals surface area contributed by atoms with Gasteiger partial charge in [-0.2, -0.15) is 0 Å². The number of nitrogens with two attached hydrogens (primary N) is 2. The van der Waals surface area contributed by atoms with Gasteiger partial charge >= 0.3 is 0 Å². The molecule has 0 spiro atoms. The van der Waals surface area contributed by atoms with Crippen molar-refractivity contribution in [3.8, 4) is 0 Å². The molecule has 52 valence electrons. The van der Waals surface area contributed by atoms with Gasteiger partial charge in [0.1, 0.15) is 11.9 Å². The van der Waals surface area contributed by atoms with E-state index >= 15 is 0 Å². The van der Waals surface area contributed by atoms with Gasteiger partial charge in [0.15, 0.2) is 5.78 Å². The third kappa shape index (κ3) is 2.23. The van der Waals surface area contributed by atoms with Gasteiger partial charge < -0.3 is 11.5 Å². The predicted molar refractivity (Wildman–Crippen MR) is 35.2 cm³/mol. The van der Waals surface area contributed by atoms with E-state index in [1.165, 1.54) is 0 Å². The first-order valence-corrected chi connectivity index (χ1v) is 2.71. The average Bonchev–Trinajstić information content (AvgIpc) is 1.84. The zero-order valence-corrected chi connectivity index (χ0v) is 5.35. The second-order valence-electron chi connectivity index (χ2n) is 1.75. The number of Topliss-reactive ketones (excluding diaryl/α,β-unsaturated/α-hetero) is 1. The fraction of sp³-hybridized carbons (Fsp3) is 0.600. The molecule has 9 heavy (non-hydrogen) atoms. The van der Waals surface area contributed by atoms with Crippen molar-refractivity contribution in [1.29, 1.82) is 5.41 Å². The van der Waals surface area contributed by atoms with E-state index < -0.39 is 6.04 Å². The van der Waals surface area contributed by atoms with Gasteiger partial charge in [-0.3, -0.25) is 10.2 Å². The van der Waals surface area contributed by atoms with Crippen LogP contribution in [0.5, 0.6) is 0 Å². The van der Waals surface area contributed by atoms with Crippen LogP contribution in [0.3, 0.4) is 0 Å². The minimum absolute atomic E-state index is 0.192. The highest BCUT2D eigenvalue weighted by Crippen LogP contribution is 1.85. The highest BCUT2D eigenvalue weighted by Gasteiger charge is 2.12. The largest absolute Gasteiger partial charge is 0.386 e. The molecule has 0 aromatic rings. The lowest BCUT2D eigenvalue weighted by atomic mass is 10.1. The van der Waals surface area contributed by atoms with Gasteiger partial charge in [0, 0.05) is 6.42 Å². The maximum atomic E-state index is 10.6. The summed E-state index contributed by atoms with van der Waals surface area (Å²) in [6.45, 7) is 1.69. The summed E-state index contributed by atoms with van der Waals surface area (Å²) < 4.78 is 0. The summed E-state index contributed by atoms with van der Waals surface area (Å²) in [5, 5.41) is 6.77. The summed E-state index contributed by atoms with van der Waals surface area (Å²) in [5.74, 6) is -0.454. The van der Waals surface area contributed by atoms with Crippen LogP contribution in [0.15, 0.2) is 0 Å². The number of hydrogen-bond acceptors (Lipinski definition) is 3. The highest BCUT2D eigenvalue weighted by atomic mass is 16.1. The molecule has 0 fully saturated rings. The molecule has 0 aliphatic heterocycles. The fourth-order valence-corrected chi connectivity index (χ4v) is 0.393. The van der Waals surface area contributed by atoms with Gasteiger partial charge in [0.25, 0.3) is 0 Å². The lowest BCUT2D eigenvalue weighted by Crippen LogP contribution is -2.42. The number of hydrogen-bond donors (Lipinski definition) is 3. The molecule has 0 amide bonds. The van der Waals surface area contributed by atoms with E-state index in [9.17, 15) is 4.79 Å². The van der Waals surface area contributed by atoms with Gasteiger partial charge in [0.05, 0.1) is 0 Å². The lowest BCUT2D eigenvalue weighted by Gasteiger charge is -2.04. The standard InChI is InChI=1S/C5H11N3O/c1-2-3(9)4(6)5(7)8/h4H,2,6H2,1H3,(H3,7,8). The molecular weight excluding hydrogens is 118 g/mol. The van der Waals surface area contributed by atoms with Crippen molar-refractivity contribution < 1.29 is 4.79 Å². The average molecular weight is 129 g/mol. The molecule has 0 heterocycles. The van der Waals surface area contributed by atoms with Crippen molar-refractivity contribution >= 4 is 11.6 Å². The number of carbonyl (C=O) groups excluding carboxylic acids is 1. The normalized spacial score (nSPS) is 12.7. The Labute approximate surface area is 53.7 Å². The van der Waals surface area contributed by atoms with Crippen molar-refractivity contribution in [2.24, 2.45) is 11.5 Å². The first-order valence-electron chi connectivity index (χ1n) is 2.71. The smallest absolute Gasteiger partial charge is 0.156 e. The van der Waals surface area contributed by atoms with Crippen LogP contribution < -0.4 is 11.5 Å². The van der Waals surface area contributed by atoms with E-state index in [0.717, 1.165) is 0 Å². The Balaban J connectivity index is 3.88. The summed E-state index contributed by atoms with van der Waals surface area (Å²) in [6, 6.07) is -0.894. The zero-order chi connectivity index (χ0) is 7.44. The number of amidine groups is 1. The molecular formula is C5H11N3O. The van der Waals surface area contributed by atoms with Crippen molar-refractivity contribution in [3.63, 3.8) is 0 Å². The highest BCUT2D eigenvalue weighted by molar-refractivity contribution is 6.05. The van der Waals surface area contributed by atoms with Crippen LogP contribution in [0, 0.1) is 5.41 Å². The molecule has 4 heteroatoms. The molecule has 0 aliphatic rings. The van der Waals surface area contributed by atoms with Gasteiger partial charge in [-0.05, 0) is 0 Å². The quantitative estimate of drug-likeness (QED) is 0.345. The van der Waals surface area contributed by atoms with Gasteiger partial charge in [-0.1, -0.05) is 6.92 Å². The summed E-state index contributed by atoms with van der Waals surface area (Å²) in [6.07, 6.45) is 0.334. The third-order valence-corrected chi connectivity index (χ3v) is 1.03. The molecule has 4 nitrogen and oxygen atoms in total. The molecule has 0 saturated carbocycles. The van der Waals surface area contributed by atoms with Crippen LogP contribution >= 0.6 is 0 Å². The van der Waals surface area contributed by atoms with Gasteiger partial charge in [-0.15, -0.1) is 0 Å². The fourth-order valence-electron chi connectivity index (χ4n) is 0.393. The van der Waals surface area contributed by atoms with E-state index in [4.69, 9.17) is 16.9 Å². The van der Waals surface area contributed by atoms with E-state index in [-0.39, 0.29) is 11.6 Å². The molecule has 0 bridgehead atoms. The lowest BCUT2D eigenvalue weighted by molar-refractivity contribution is -0.118. The van der Waals surface area contributed by atoms with Crippen molar-refractivity contribution in [1.82, 2.24) is 0 Å². The Bertz CT molecular complexity index is 132. The molecule has 0 aromatic carbocycles. The molecule has 0 radical (unpaired) electrons. The Hall–Kier alpha value is -0.900. The monoisotopic (exact) mass is 129 g/mol. The number of carbonyl (C=O) groups is 1.